The van der Waals surface area contributed by atoms with Crippen molar-refractivity contribution >= 4 is 39.5 Å². The molecule has 1 atom stereocenters. The summed E-state index contributed by atoms with van der Waals surface area (Å²) in [7, 11) is 1.59. The number of quaternary nitrogens is 1. The number of piperidine rings is 1. The second kappa shape index (κ2) is 8.98. The lowest BCUT2D eigenvalue weighted by Gasteiger charge is -2.31. The molecule has 1 aliphatic heterocycles. The number of anilines is 1. The van der Waals surface area contributed by atoms with Gasteiger partial charge in [0.15, 0.2) is 6.04 Å². The summed E-state index contributed by atoms with van der Waals surface area (Å²) in [6.45, 7) is 5.67. The lowest BCUT2D eigenvalue weighted by molar-refractivity contribution is -0.919. The fourth-order valence-electron chi connectivity index (χ4n) is 4.36. The van der Waals surface area contributed by atoms with Crippen LogP contribution in [0.15, 0.2) is 40.8 Å². The normalized spacial score (nSPS) is 19.8. The van der Waals surface area contributed by atoms with Crippen LogP contribution in [0.5, 0.6) is 5.75 Å². The van der Waals surface area contributed by atoms with Crippen molar-refractivity contribution in [2.75, 3.05) is 32.1 Å². The van der Waals surface area contributed by atoms with Crippen LogP contribution in [0.3, 0.4) is 0 Å². The Morgan fingerprint density at radius 1 is 1.16 bits per heavy atom. The Bertz CT molecular complexity index is 1100. The molecule has 7 heteroatoms. The third kappa shape index (κ3) is 4.23. The zero-order valence-electron chi connectivity index (χ0n) is 18.2. The number of furan rings is 1. The molecule has 0 bridgehead atoms. The summed E-state index contributed by atoms with van der Waals surface area (Å²) in [4.78, 5) is 26.1. The molecule has 2 heterocycles. The van der Waals surface area contributed by atoms with E-state index in [0.29, 0.717) is 23.6 Å². The van der Waals surface area contributed by atoms with Gasteiger partial charge in [-0.15, -0.1) is 0 Å². The van der Waals surface area contributed by atoms with E-state index in [-0.39, 0.29) is 23.8 Å². The Hall–Kier alpha value is -3.06. The molecule has 164 valence electrons. The summed E-state index contributed by atoms with van der Waals surface area (Å²) in [5, 5.41) is 4.97. The van der Waals surface area contributed by atoms with E-state index in [2.05, 4.69) is 5.32 Å². The first-order valence-electron chi connectivity index (χ1n) is 10.8. The molecule has 1 aromatic heterocycles. The number of fused-ring (bicyclic) bond motifs is 3. The van der Waals surface area contributed by atoms with Crippen LogP contribution in [0.1, 0.15) is 26.7 Å². The highest BCUT2D eigenvalue weighted by Crippen LogP contribution is 2.36. The van der Waals surface area contributed by atoms with Gasteiger partial charge in [0.2, 0.25) is 0 Å². The van der Waals surface area contributed by atoms with Crippen LogP contribution in [0.2, 0.25) is 0 Å². The molecule has 1 aliphatic rings. The number of carbonyl (C=O) groups is 2. The molecule has 1 amide bonds. The van der Waals surface area contributed by atoms with Gasteiger partial charge in [-0.1, -0.05) is 18.2 Å². The Balaban J connectivity index is 1.47. The number of carbonyl (C=O) groups excluding carboxylic acids is 2. The predicted molar refractivity (Wildman–Crippen MR) is 118 cm³/mol. The number of para-hydroxylation sites is 1. The molecule has 0 unspecified atom stereocenters. The number of likely N-dealkylation sites (tertiary alicyclic amines) is 1. The van der Waals surface area contributed by atoms with Gasteiger partial charge in [-0.05, 0) is 26.0 Å². The third-order valence-electron chi connectivity index (χ3n) is 6.21. The van der Waals surface area contributed by atoms with Gasteiger partial charge < -0.3 is 24.1 Å². The van der Waals surface area contributed by atoms with E-state index in [0.717, 1.165) is 42.3 Å². The topological polar surface area (TPSA) is 82.2 Å². The molecule has 7 nitrogen and oxygen atoms in total. The molecule has 1 fully saturated rings. The van der Waals surface area contributed by atoms with Gasteiger partial charge in [0.1, 0.15) is 16.9 Å². The highest BCUT2D eigenvalue weighted by Gasteiger charge is 2.33. The standard InChI is InChI=1S/C24H28N2O5/c1-4-30-24(28)16-9-11-26(12-10-16)15(2)23(27)25-19-14-21-18(13-22(19)29-3)17-7-5-6-8-20(17)31-21/h5-8,13-16H,4,9-12H2,1-3H3,(H,25,27)/p+1/t15-/m0/s1. The second-order valence-electron chi connectivity index (χ2n) is 8.04. The molecule has 2 aromatic carbocycles. The van der Waals surface area contributed by atoms with Crippen molar-refractivity contribution in [1.29, 1.82) is 0 Å². The van der Waals surface area contributed by atoms with Crippen LogP contribution >= 0.6 is 0 Å². The number of amides is 1. The molecule has 2 N–H and O–H groups in total. The van der Waals surface area contributed by atoms with Crippen molar-refractivity contribution in [2.24, 2.45) is 5.92 Å². The van der Waals surface area contributed by atoms with Gasteiger partial charge in [0.05, 0.1) is 38.4 Å². The monoisotopic (exact) mass is 425 g/mol. The number of nitrogens with one attached hydrogen (secondary N) is 2. The second-order valence-corrected chi connectivity index (χ2v) is 8.04. The zero-order valence-corrected chi connectivity index (χ0v) is 18.2. The fourth-order valence-corrected chi connectivity index (χ4v) is 4.36. The Labute approximate surface area is 181 Å². The smallest absolute Gasteiger partial charge is 0.309 e. The van der Waals surface area contributed by atoms with Crippen LogP contribution in [0, 0.1) is 5.92 Å². The van der Waals surface area contributed by atoms with Gasteiger partial charge in [-0.2, -0.15) is 0 Å². The van der Waals surface area contributed by atoms with Crippen molar-refractivity contribution in [2.45, 2.75) is 32.7 Å². The molecular weight excluding hydrogens is 396 g/mol. The van der Waals surface area contributed by atoms with Crippen LogP contribution in [-0.2, 0) is 14.3 Å². The Kier molecular flexibility index (Phi) is 6.13. The van der Waals surface area contributed by atoms with E-state index in [4.69, 9.17) is 13.9 Å². The van der Waals surface area contributed by atoms with E-state index in [1.165, 1.54) is 4.90 Å². The van der Waals surface area contributed by atoms with Gasteiger partial charge in [0, 0.05) is 29.7 Å². The molecule has 0 spiro atoms. The summed E-state index contributed by atoms with van der Waals surface area (Å²) in [6.07, 6.45) is 1.47. The first-order valence-corrected chi connectivity index (χ1v) is 10.8. The fraction of sp³-hybridized carbons (Fsp3) is 0.417. The summed E-state index contributed by atoms with van der Waals surface area (Å²) >= 11 is 0. The molecular formula is C24H29N2O5+. The molecule has 3 aromatic rings. The Morgan fingerprint density at radius 3 is 2.61 bits per heavy atom. The maximum atomic E-state index is 13.0. The van der Waals surface area contributed by atoms with E-state index in [9.17, 15) is 9.59 Å². The zero-order chi connectivity index (χ0) is 22.0. The van der Waals surface area contributed by atoms with Crippen LogP contribution in [0.4, 0.5) is 5.69 Å². The number of methoxy groups -OCH3 is 1. The van der Waals surface area contributed by atoms with Crippen molar-refractivity contribution in [3.05, 3.63) is 36.4 Å². The molecule has 1 saturated heterocycles. The van der Waals surface area contributed by atoms with Crippen molar-refractivity contribution in [3.8, 4) is 5.75 Å². The lowest BCUT2D eigenvalue weighted by Crippen LogP contribution is -3.17. The first kappa shape index (κ1) is 21.2. The van der Waals surface area contributed by atoms with Crippen molar-refractivity contribution in [1.82, 2.24) is 0 Å². The average Bonchev–Trinajstić information content (AvgIpc) is 3.15. The molecule has 31 heavy (non-hydrogen) atoms. The number of hydrogen-bond donors (Lipinski definition) is 2. The van der Waals surface area contributed by atoms with Gasteiger partial charge in [-0.3, -0.25) is 9.59 Å². The van der Waals surface area contributed by atoms with E-state index < -0.39 is 0 Å². The van der Waals surface area contributed by atoms with Gasteiger partial charge in [0.25, 0.3) is 5.91 Å². The van der Waals surface area contributed by atoms with E-state index in [1.807, 2.05) is 50.2 Å². The minimum absolute atomic E-state index is 0.0606. The summed E-state index contributed by atoms with van der Waals surface area (Å²) in [6, 6.07) is 11.3. The quantitative estimate of drug-likeness (QED) is 0.594. The van der Waals surface area contributed by atoms with Gasteiger partial charge >= 0.3 is 5.97 Å². The minimum atomic E-state index is -0.251. The first-order chi connectivity index (χ1) is 15.0. The number of esters is 1. The number of hydrogen-bond acceptors (Lipinski definition) is 5. The highest BCUT2D eigenvalue weighted by atomic mass is 16.5. The molecule has 0 aliphatic carbocycles. The molecule has 4 rings (SSSR count). The number of rotatable bonds is 6. The summed E-state index contributed by atoms with van der Waals surface area (Å²) in [5.41, 5.74) is 2.09. The van der Waals surface area contributed by atoms with Crippen molar-refractivity contribution in [3.63, 3.8) is 0 Å². The highest BCUT2D eigenvalue weighted by molar-refractivity contribution is 6.08. The van der Waals surface area contributed by atoms with E-state index in [1.54, 1.807) is 7.11 Å². The maximum absolute atomic E-state index is 13.0. The number of benzene rings is 2. The molecule has 0 saturated carbocycles. The summed E-state index contributed by atoms with van der Waals surface area (Å²) < 4.78 is 16.6. The SMILES string of the molecule is CCOC(=O)C1CC[NH+]([C@@H](C)C(=O)Nc2cc3oc4ccccc4c3cc2OC)CC1. The van der Waals surface area contributed by atoms with Crippen LogP contribution in [-0.4, -0.2) is 44.7 Å². The maximum Gasteiger partial charge on any atom is 0.309 e. The largest absolute Gasteiger partial charge is 0.495 e. The number of ether oxygens (including phenoxy) is 2. The van der Waals surface area contributed by atoms with Crippen LogP contribution in [0.25, 0.3) is 21.9 Å². The van der Waals surface area contributed by atoms with E-state index >= 15 is 0 Å². The average molecular weight is 426 g/mol. The summed E-state index contributed by atoms with van der Waals surface area (Å²) in [5.74, 6) is 0.325. The molecule has 0 radical (unpaired) electrons. The Morgan fingerprint density at radius 2 is 1.90 bits per heavy atom. The van der Waals surface area contributed by atoms with Gasteiger partial charge in [-0.25, -0.2) is 0 Å². The minimum Gasteiger partial charge on any atom is -0.495 e. The third-order valence-corrected chi connectivity index (χ3v) is 6.21. The lowest BCUT2D eigenvalue weighted by atomic mass is 9.96. The van der Waals surface area contributed by atoms with Crippen molar-refractivity contribution < 1.29 is 28.4 Å². The van der Waals surface area contributed by atoms with Crippen LogP contribution < -0.4 is 15.0 Å². The predicted octanol–water partition coefficient (Wildman–Crippen LogP) is 2.78.